The molecule has 2 aromatic carbocycles. The molecule has 3 rings (SSSR count). The number of para-hydroxylation sites is 1. The van der Waals surface area contributed by atoms with Crippen LogP contribution in [0.2, 0.25) is 5.02 Å². The normalized spacial score (nSPS) is 14.9. The van der Waals surface area contributed by atoms with Crippen molar-refractivity contribution in [1.82, 2.24) is 0 Å². The van der Waals surface area contributed by atoms with Crippen molar-refractivity contribution in [2.24, 2.45) is 4.99 Å². The number of cyclic esters (lactones) is 1. The zero-order valence-electron chi connectivity index (χ0n) is 13.6. The molecule has 0 bridgehead atoms. The highest BCUT2D eigenvalue weighted by Gasteiger charge is 2.26. The van der Waals surface area contributed by atoms with E-state index in [4.69, 9.17) is 21.1 Å². The van der Waals surface area contributed by atoms with E-state index in [-0.39, 0.29) is 22.3 Å². The predicted octanol–water partition coefficient (Wildman–Crippen LogP) is 3.99. The van der Waals surface area contributed by atoms with Crippen molar-refractivity contribution in [2.45, 2.75) is 6.92 Å². The molecule has 0 saturated heterocycles. The molecule has 0 N–H and O–H groups in total. The fourth-order valence-electron chi connectivity index (χ4n) is 2.35. The Morgan fingerprint density at radius 2 is 2.08 bits per heavy atom. The van der Waals surface area contributed by atoms with Crippen molar-refractivity contribution >= 4 is 35.2 Å². The lowest BCUT2D eigenvalue weighted by Gasteiger charge is -2.08. The van der Waals surface area contributed by atoms with Crippen LogP contribution in [0.5, 0.6) is 5.75 Å². The van der Waals surface area contributed by atoms with Gasteiger partial charge in [-0.3, -0.25) is 10.1 Å². The van der Waals surface area contributed by atoms with Crippen LogP contribution >= 0.6 is 11.6 Å². The van der Waals surface area contributed by atoms with Crippen molar-refractivity contribution in [3.8, 4) is 5.75 Å². The number of halogens is 1. The van der Waals surface area contributed by atoms with E-state index in [1.165, 1.54) is 24.3 Å². The zero-order valence-corrected chi connectivity index (χ0v) is 14.4. The molecule has 0 unspecified atom stereocenters. The fourth-order valence-corrected chi connectivity index (χ4v) is 2.52. The van der Waals surface area contributed by atoms with E-state index in [1.807, 2.05) is 6.92 Å². The highest BCUT2D eigenvalue weighted by molar-refractivity contribution is 6.32. The van der Waals surface area contributed by atoms with Crippen molar-refractivity contribution in [2.75, 3.05) is 6.61 Å². The second-order valence-electron chi connectivity index (χ2n) is 5.23. The van der Waals surface area contributed by atoms with Gasteiger partial charge in [0.15, 0.2) is 5.70 Å². The summed E-state index contributed by atoms with van der Waals surface area (Å²) in [6, 6.07) is 11.0. The number of benzene rings is 2. The Balaban J connectivity index is 2.00. The summed E-state index contributed by atoms with van der Waals surface area (Å²) < 4.78 is 10.7. The van der Waals surface area contributed by atoms with Gasteiger partial charge in [-0.25, -0.2) is 9.79 Å². The number of aliphatic imine (C=N–C) groups is 1. The molecule has 0 saturated carbocycles. The summed E-state index contributed by atoms with van der Waals surface area (Å²) in [5.74, 6) is -0.0306. The fraction of sp³-hybridized carbons (Fsp3) is 0.111. The van der Waals surface area contributed by atoms with Crippen LogP contribution in [0.15, 0.2) is 53.2 Å². The number of hydrogen-bond acceptors (Lipinski definition) is 6. The van der Waals surface area contributed by atoms with Gasteiger partial charge < -0.3 is 9.47 Å². The van der Waals surface area contributed by atoms with Crippen LogP contribution in [0.4, 0.5) is 5.69 Å². The Hall–Kier alpha value is -3.19. The van der Waals surface area contributed by atoms with Crippen LogP contribution in [0.25, 0.3) is 6.08 Å². The van der Waals surface area contributed by atoms with Gasteiger partial charge in [-0.05, 0) is 31.2 Å². The van der Waals surface area contributed by atoms with Crippen LogP contribution in [0.3, 0.4) is 0 Å². The predicted molar refractivity (Wildman–Crippen MR) is 96.3 cm³/mol. The van der Waals surface area contributed by atoms with Crippen molar-refractivity contribution in [3.63, 3.8) is 0 Å². The summed E-state index contributed by atoms with van der Waals surface area (Å²) >= 11 is 6.06. The van der Waals surface area contributed by atoms with Crippen LogP contribution < -0.4 is 4.74 Å². The van der Waals surface area contributed by atoms with Gasteiger partial charge in [0.25, 0.3) is 5.69 Å². The number of carbonyl (C=O) groups excluding carboxylic acids is 1. The second-order valence-corrected chi connectivity index (χ2v) is 5.64. The van der Waals surface area contributed by atoms with Crippen molar-refractivity contribution in [1.29, 1.82) is 0 Å². The number of carbonyl (C=O) groups is 1. The number of rotatable bonds is 5. The third kappa shape index (κ3) is 3.57. The van der Waals surface area contributed by atoms with E-state index >= 15 is 0 Å². The minimum Gasteiger partial charge on any atom is -0.493 e. The average Bonchev–Trinajstić information content (AvgIpc) is 2.98. The summed E-state index contributed by atoms with van der Waals surface area (Å²) in [6.07, 6.45) is 1.36. The quantitative estimate of drug-likeness (QED) is 0.342. The Bertz CT molecular complexity index is 952. The number of nitro groups is 1. The molecule has 1 aliphatic heterocycles. The Kier molecular flexibility index (Phi) is 4.99. The van der Waals surface area contributed by atoms with Gasteiger partial charge in [-0.15, -0.1) is 0 Å². The van der Waals surface area contributed by atoms with E-state index in [0.29, 0.717) is 23.5 Å². The Morgan fingerprint density at radius 3 is 2.81 bits per heavy atom. The summed E-state index contributed by atoms with van der Waals surface area (Å²) in [5.41, 5.74) is 0.694. The average molecular weight is 373 g/mol. The summed E-state index contributed by atoms with van der Waals surface area (Å²) in [7, 11) is 0. The minimum absolute atomic E-state index is 0.00583. The summed E-state index contributed by atoms with van der Waals surface area (Å²) in [5, 5.41) is 11.2. The largest absolute Gasteiger partial charge is 0.493 e. The molecule has 1 heterocycles. The third-order valence-electron chi connectivity index (χ3n) is 3.52. The summed E-state index contributed by atoms with van der Waals surface area (Å²) in [4.78, 5) is 26.7. The van der Waals surface area contributed by atoms with Gasteiger partial charge >= 0.3 is 5.97 Å². The van der Waals surface area contributed by atoms with Gasteiger partial charge in [0.2, 0.25) is 5.90 Å². The standard InChI is InChI=1S/C18H13ClN2O5/c1-2-25-16-6-4-3-5-13(16)17-20-15(18(22)26-17)10-11-9-12(21(23)24)7-8-14(11)19/h3-10H,2H2,1H3/b15-10-. The lowest BCUT2D eigenvalue weighted by Crippen LogP contribution is -2.07. The molecule has 0 atom stereocenters. The van der Waals surface area contributed by atoms with E-state index in [9.17, 15) is 14.9 Å². The van der Waals surface area contributed by atoms with Crippen LogP contribution in [0.1, 0.15) is 18.1 Å². The van der Waals surface area contributed by atoms with Gasteiger partial charge in [-0.1, -0.05) is 23.7 Å². The van der Waals surface area contributed by atoms with E-state index in [1.54, 1.807) is 24.3 Å². The van der Waals surface area contributed by atoms with Crippen molar-refractivity contribution in [3.05, 3.63) is 74.4 Å². The molecule has 26 heavy (non-hydrogen) atoms. The van der Waals surface area contributed by atoms with Gasteiger partial charge in [0, 0.05) is 22.7 Å². The van der Waals surface area contributed by atoms with E-state index in [2.05, 4.69) is 4.99 Å². The molecule has 0 aromatic heterocycles. The molecule has 0 radical (unpaired) electrons. The number of ether oxygens (including phenoxy) is 2. The second kappa shape index (κ2) is 7.37. The molecule has 2 aromatic rings. The van der Waals surface area contributed by atoms with Gasteiger partial charge in [0.05, 0.1) is 17.1 Å². The Morgan fingerprint density at radius 1 is 1.31 bits per heavy atom. The minimum atomic E-state index is -0.672. The first-order chi connectivity index (χ1) is 12.5. The van der Waals surface area contributed by atoms with Gasteiger partial charge in [-0.2, -0.15) is 0 Å². The van der Waals surface area contributed by atoms with Crippen molar-refractivity contribution < 1.29 is 19.2 Å². The highest BCUT2D eigenvalue weighted by Crippen LogP contribution is 2.28. The number of nitro benzene ring substituents is 1. The van der Waals surface area contributed by atoms with Gasteiger partial charge in [0.1, 0.15) is 5.75 Å². The maximum absolute atomic E-state index is 12.1. The van der Waals surface area contributed by atoms with Crippen LogP contribution in [-0.4, -0.2) is 23.4 Å². The molecule has 0 aliphatic carbocycles. The molecule has 0 amide bonds. The SMILES string of the molecule is CCOc1ccccc1C1=N/C(=C\c2cc([N+](=O)[O-])ccc2Cl)C(=O)O1. The first-order valence-electron chi connectivity index (χ1n) is 7.68. The molecular weight excluding hydrogens is 360 g/mol. The number of esters is 1. The molecule has 132 valence electrons. The van der Waals surface area contributed by atoms with E-state index in [0.717, 1.165) is 0 Å². The topological polar surface area (TPSA) is 91.0 Å². The lowest BCUT2D eigenvalue weighted by molar-refractivity contribution is -0.384. The Labute approximate surface area is 153 Å². The first kappa shape index (κ1) is 17.6. The molecule has 0 fully saturated rings. The van der Waals surface area contributed by atoms with Crippen LogP contribution in [-0.2, 0) is 9.53 Å². The molecular formula is C18H13ClN2O5. The van der Waals surface area contributed by atoms with E-state index < -0.39 is 10.9 Å². The monoisotopic (exact) mass is 372 g/mol. The molecule has 7 nitrogen and oxygen atoms in total. The number of hydrogen-bond donors (Lipinski definition) is 0. The first-order valence-corrected chi connectivity index (χ1v) is 8.06. The zero-order chi connectivity index (χ0) is 18.7. The lowest BCUT2D eigenvalue weighted by atomic mass is 10.1. The van der Waals surface area contributed by atoms with Crippen LogP contribution in [0, 0.1) is 10.1 Å². The number of non-ortho nitro benzene ring substituents is 1. The number of nitrogens with zero attached hydrogens (tertiary/aromatic N) is 2. The third-order valence-corrected chi connectivity index (χ3v) is 3.86. The molecule has 1 aliphatic rings. The molecule has 8 heteroatoms. The maximum Gasteiger partial charge on any atom is 0.363 e. The summed E-state index contributed by atoms with van der Waals surface area (Å²) in [6.45, 7) is 2.29. The maximum atomic E-state index is 12.1. The highest BCUT2D eigenvalue weighted by atomic mass is 35.5. The smallest absolute Gasteiger partial charge is 0.363 e. The molecule has 0 spiro atoms.